The molecule has 2 aromatic rings. The Morgan fingerprint density at radius 3 is 1.60 bits per heavy atom. The molecule has 1 heteroatoms. The van der Waals surface area contributed by atoms with Crippen molar-refractivity contribution in [1.82, 2.24) is 4.90 Å². The first-order valence-corrected chi connectivity index (χ1v) is 7.54. The van der Waals surface area contributed by atoms with Crippen molar-refractivity contribution in [3.05, 3.63) is 77.7 Å². The lowest BCUT2D eigenvalue weighted by Gasteiger charge is -2.23. The third-order valence-electron chi connectivity index (χ3n) is 3.82. The van der Waals surface area contributed by atoms with Crippen molar-refractivity contribution in [2.45, 2.75) is 20.3 Å². The van der Waals surface area contributed by atoms with E-state index in [1.165, 1.54) is 17.0 Å². The fraction of sp³-hybridized carbons (Fsp3) is 0.316. The molecule has 0 aliphatic carbocycles. The molecule has 0 aliphatic rings. The van der Waals surface area contributed by atoms with E-state index >= 15 is 0 Å². The Balaban J connectivity index is 2.17. The fourth-order valence-electron chi connectivity index (χ4n) is 2.54. The highest BCUT2D eigenvalue weighted by Crippen LogP contribution is 2.26. The first kappa shape index (κ1) is 14.8. The van der Waals surface area contributed by atoms with E-state index in [4.69, 9.17) is 0 Å². The topological polar surface area (TPSA) is 3.24 Å². The van der Waals surface area contributed by atoms with Crippen molar-refractivity contribution in [2.24, 2.45) is 0 Å². The fourth-order valence-corrected chi connectivity index (χ4v) is 2.54. The van der Waals surface area contributed by atoms with E-state index in [-0.39, 0.29) is 0 Å². The zero-order chi connectivity index (χ0) is 14.2. The molecule has 0 fully saturated rings. The highest BCUT2D eigenvalue weighted by atomic mass is 15.1. The van der Waals surface area contributed by atoms with Crippen LogP contribution in [0.15, 0.2) is 60.7 Å². The van der Waals surface area contributed by atoms with Gasteiger partial charge in [0.1, 0.15) is 0 Å². The van der Waals surface area contributed by atoms with E-state index in [1.807, 2.05) is 0 Å². The van der Waals surface area contributed by atoms with Gasteiger partial charge in [0, 0.05) is 5.92 Å². The molecule has 1 radical (unpaired) electrons. The molecule has 0 saturated carbocycles. The molecule has 0 aliphatic heterocycles. The van der Waals surface area contributed by atoms with Gasteiger partial charge in [0.2, 0.25) is 0 Å². The summed E-state index contributed by atoms with van der Waals surface area (Å²) in [6.45, 7) is 7.81. The predicted octanol–water partition coefficient (Wildman–Crippen LogP) is 4.39. The SMILES string of the molecule is CCN(CC)CC[C](c1ccccc1)c1ccccc1. The minimum atomic E-state index is 1.09. The summed E-state index contributed by atoms with van der Waals surface area (Å²) in [6, 6.07) is 21.5. The van der Waals surface area contributed by atoms with Crippen LogP contribution in [0, 0.1) is 5.92 Å². The number of hydrogen-bond donors (Lipinski definition) is 0. The zero-order valence-corrected chi connectivity index (χ0v) is 12.5. The Bertz CT molecular complexity index is 434. The largest absolute Gasteiger partial charge is 0.304 e. The third kappa shape index (κ3) is 3.94. The number of nitrogens with zero attached hydrogens (tertiary/aromatic N) is 1. The molecule has 2 aromatic carbocycles. The van der Waals surface area contributed by atoms with Gasteiger partial charge in [-0.1, -0.05) is 74.5 Å². The molecule has 20 heavy (non-hydrogen) atoms. The maximum absolute atomic E-state index is 2.48. The molecule has 1 nitrogen and oxygen atoms in total. The Kier molecular flexibility index (Phi) is 5.82. The molecule has 0 spiro atoms. The van der Waals surface area contributed by atoms with E-state index in [2.05, 4.69) is 79.4 Å². The minimum absolute atomic E-state index is 1.09. The summed E-state index contributed by atoms with van der Waals surface area (Å²) < 4.78 is 0. The molecule has 0 N–H and O–H groups in total. The first-order chi connectivity index (χ1) is 9.85. The molecule has 0 aromatic heterocycles. The molecule has 0 amide bonds. The standard InChI is InChI=1S/C19H24N/c1-3-20(4-2)16-15-19(17-11-7-5-8-12-17)18-13-9-6-10-14-18/h5-14H,3-4,15-16H2,1-2H3. The van der Waals surface area contributed by atoms with Gasteiger partial charge >= 0.3 is 0 Å². The Hall–Kier alpha value is -1.60. The van der Waals surface area contributed by atoms with Crippen LogP contribution in [-0.2, 0) is 0 Å². The van der Waals surface area contributed by atoms with Gasteiger partial charge in [-0.3, -0.25) is 0 Å². The Morgan fingerprint density at radius 2 is 1.20 bits per heavy atom. The highest BCUT2D eigenvalue weighted by Gasteiger charge is 2.15. The van der Waals surface area contributed by atoms with Gasteiger partial charge in [-0.15, -0.1) is 0 Å². The van der Waals surface area contributed by atoms with Gasteiger partial charge in [-0.25, -0.2) is 0 Å². The van der Waals surface area contributed by atoms with Gasteiger partial charge < -0.3 is 4.90 Å². The average Bonchev–Trinajstić information content (AvgIpc) is 2.53. The van der Waals surface area contributed by atoms with Gasteiger partial charge in [-0.05, 0) is 37.2 Å². The smallest absolute Gasteiger partial charge is 0.0352 e. The van der Waals surface area contributed by atoms with E-state index in [0.717, 1.165) is 26.1 Å². The van der Waals surface area contributed by atoms with E-state index in [9.17, 15) is 0 Å². The minimum Gasteiger partial charge on any atom is -0.304 e. The van der Waals surface area contributed by atoms with Gasteiger partial charge in [0.25, 0.3) is 0 Å². The van der Waals surface area contributed by atoms with Crippen molar-refractivity contribution in [1.29, 1.82) is 0 Å². The van der Waals surface area contributed by atoms with Crippen LogP contribution in [0.5, 0.6) is 0 Å². The third-order valence-corrected chi connectivity index (χ3v) is 3.82. The molecule has 0 atom stereocenters. The maximum Gasteiger partial charge on any atom is 0.0352 e. The number of benzene rings is 2. The number of rotatable bonds is 7. The highest BCUT2D eigenvalue weighted by molar-refractivity contribution is 5.45. The number of hydrogen-bond acceptors (Lipinski definition) is 1. The summed E-state index contributed by atoms with van der Waals surface area (Å²) in [6.07, 6.45) is 1.09. The normalized spacial score (nSPS) is 11.2. The van der Waals surface area contributed by atoms with Crippen molar-refractivity contribution < 1.29 is 0 Å². The molecule has 0 saturated heterocycles. The molecule has 0 heterocycles. The summed E-state index contributed by atoms with van der Waals surface area (Å²) in [5.41, 5.74) is 2.68. The van der Waals surface area contributed by atoms with E-state index < -0.39 is 0 Å². The van der Waals surface area contributed by atoms with Crippen molar-refractivity contribution in [3.8, 4) is 0 Å². The molecular weight excluding hydrogens is 242 g/mol. The van der Waals surface area contributed by atoms with Crippen LogP contribution < -0.4 is 0 Å². The quantitative estimate of drug-likeness (QED) is 0.718. The monoisotopic (exact) mass is 266 g/mol. The van der Waals surface area contributed by atoms with Crippen molar-refractivity contribution in [3.63, 3.8) is 0 Å². The lowest BCUT2D eigenvalue weighted by Crippen LogP contribution is -2.25. The van der Waals surface area contributed by atoms with Crippen LogP contribution in [0.25, 0.3) is 0 Å². The molecule has 2 rings (SSSR count). The van der Waals surface area contributed by atoms with Crippen molar-refractivity contribution in [2.75, 3.05) is 19.6 Å². The van der Waals surface area contributed by atoms with Crippen LogP contribution in [0.3, 0.4) is 0 Å². The summed E-state index contributed by atoms with van der Waals surface area (Å²) in [4.78, 5) is 2.48. The van der Waals surface area contributed by atoms with Gasteiger partial charge in [0.15, 0.2) is 0 Å². The lowest BCUT2D eigenvalue weighted by atomic mass is 9.88. The summed E-state index contributed by atoms with van der Waals surface area (Å²) in [5.74, 6) is 1.44. The summed E-state index contributed by atoms with van der Waals surface area (Å²) in [5, 5.41) is 0. The van der Waals surface area contributed by atoms with Crippen LogP contribution in [0.4, 0.5) is 0 Å². The van der Waals surface area contributed by atoms with Crippen LogP contribution in [0.1, 0.15) is 31.4 Å². The Labute approximate surface area is 123 Å². The van der Waals surface area contributed by atoms with Crippen LogP contribution in [-0.4, -0.2) is 24.5 Å². The van der Waals surface area contributed by atoms with Crippen LogP contribution in [0.2, 0.25) is 0 Å². The first-order valence-electron chi connectivity index (χ1n) is 7.54. The predicted molar refractivity (Wildman–Crippen MR) is 86.7 cm³/mol. The summed E-state index contributed by atoms with van der Waals surface area (Å²) in [7, 11) is 0. The summed E-state index contributed by atoms with van der Waals surface area (Å²) >= 11 is 0. The molecular formula is C19H24N. The molecule has 0 bridgehead atoms. The molecule has 105 valence electrons. The second-order valence-corrected chi connectivity index (χ2v) is 4.99. The lowest BCUT2D eigenvalue weighted by molar-refractivity contribution is 0.305. The van der Waals surface area contributed by atoms with Gasteiger partial charge in [0.05, 0.1) is 0 Å². The van der Waals surface area contributed by atoms with Gasteiger partial charge in [-0.2, -0.15) is 0 Å². The van der Waals surface area contributed by atoms with Crippen LogP contribution >= 0.6 is 0 Å². The van der Waals surface area contributed by atoms with Crippen molar-refractivity contribution >= 4 is 0 Å². The average molecular weight is 266 g/mol. The maximum atomic E-state index is 2.48. The second kappa shape index (κ2) is 7.86. The van der Waals surface area contributed by atoms with E-state index in [1.54, 1.807) is 0 Å². The second-order valence-electron chi connectivity index (χ2n) is 4.99. The van der Waals surface area contributed by atoms with E-state index in [0.29, 0.717) is 0 Å². The zero-order valence-electron chi connectivity index (χ0n) is 12.5. The molecule has 0 unspecified atom stereocenters. The Morgan fingerprint density at radius 1 is 0.750 bits per heavy atom.